The van der Waals surface area contributed by atoms with Crippen molar-refractivity contribution in [1.29, 1.82) is 0 Å². The van der Waals surface area contributed by atoms with Crippen molar-refractivity contribution in [1.82, 2.24) is 4.57 Å². The molecule has 1 aromatic heterocycles. The Bertz CT molecular complexity index is 958. The van der Waals surface area contributed by atoms with E-state index in [-0.39, 0.29) is 5.56 Å². The van der Waals surface area contributed by atoms with Gasteiger partial charge in [0.25, 0.3) is 5.56 Å². The van der Waals surface area contributed by atoms with Crippen molar-refractivity contribution in [3.05, 3.63) is 91.8 Å². The lowest BCUT2D eigenvalue weighted by atomic mass is 10.2. The summed E-state index contributed by atoms with van der Waals surface area (Å²) in [5.74, 6) is 0.515. The molecule has 1 unspecified atom stereocenters. The summed E-state index contributed by atoms with van der Waals surface area (Å²) < 4.78 is 7.83. The standard InChI is InChI=1S/C19H16BrClNO2P/c20-18-17(24-12-14-4-1-5-15(21)9-14)7-8-22(19(18)23)11-13-3-2-6-16(25)10-13/h1-10H,11-12,25H2. The third-order valence-corrected chi connectivity index (χ3v) is 4.98. The molecular formula is C19H16BrClNO2P. The molecule has 3 rings (SSSR count). The molecule has 0 radical (unpaired) electrons. The van der Waals surface area contributed by atoms with Crippen molar-refractivity contribution in [2.24, 2.45) is 0 Å². The molecule has 2 aromatic carbocycles. The Labute approximate surface area is 161 Å². The fraction of sp³-hybridized carbons (Fsp3) is 0.105. The average Bonchev–Trinajstić information content (AvgIpc) is 2.58. The van der Waals surface area contributed by atoms with Gasteiger partial charge < -0.3 is 9.30 Å². The summed E-state index contributed by atoms with van der Waals surface area (Å²) in [6, 6.07) is 17.2. The van der Waals surface area contributed by atoms with E-state index in [4.69, 9.17) is 16.3 Å². The second kappa shape index (κ2) is 8.18. The molecule has 3 nitrogen and oxygen atoms in total. The van der Waals surface area contributed by atoms with E-state index in [1.807, 2.05) is 48.5 Å². The van der Waals surface area contributed by atoms with Gasteiger partial charge in [0, 0.05) is 11.2 Å². The van der Waals surface area contributed by atoms with E-state index in [1.54, 1.807) is 16.8 Å². The van der Waals surface area contributed by atoms with Crippen molar-refractivity contribution < 1.29 is 4.74 Å². The van der Waals surface area contributed by atoms with Crippen LogP contribution in [0.1, 0.15) is 11.1 Å². The largest absolute Gasteiger partial charge is 0.487 e. The number of pyridine rings is 1. The highest BCUT2D eigenvalue weighted by molar-refractivity contribution is 9.10. The van der Waals surface area contributed by atoms with Crippen molar-refractivity contribution >= 4 is 42.1 Å². The van der Waals surface area contributed by atoms with Crippen LogP contribution in [0, 0.1) is 0 Å². The van der Waals surface area contributed by atoms with Crippen LogP contribution in [0.15, 0.2) is 70.1 Å². The van der Waals surface area contributed by atoms with Crippen molar-refractivity contribution in [3.8, 4) is 5.75 Å². The summed E-state index contributed by atoms with van der Waals surface area (Å²) in [5.41, 5.74) is 1.88. The summed E-state index contributed by atoms with van der Waals surface area (Å²) in [5, 5.41) is 1.75. The average molecular weight is 437 g/mol. The van der Waals surface area contributed by atoms with Gasteiger partial charge in [-0.3, -0.25) is 4.79 Å². The van der Waals surface area contributed by atoms with Gasteiger partial charge in [0.05, 0.1) is 6.54 Å². The van der Waals surface area contributed by atoms with Crippen LogP contribution in [0.25, 0.3) is 0 Å². The van der Waals surface area contributed by atoms with Crippen LogP contribution in [0.2, 0.25) is 5.02 Å². The predicted octanol–water partition coefficient (Wildman–Crippen LogP) is 4.39. The lowest BCUT2D eigenvalue weighted by Gasteiger charge is -2.12. The molecule has 0 N–H and O–H groups in total. The molecule has 25 heavy (non-hydrogen) atoms. The Morgan fingerprint density at radius 1 is 1.08 bits per heavy atom. The van der Waals surface area contributed by atoms with Gasteiger partial charge in [-0.05, 0) is 50.6 Å². The molecule has 0 aliphatic rings. The van der Waals surface area contributed by atoms with Gasteiger partial charge in [0.2, 0.25) is 0 Å². The smallest absolute Gasteiger partial charge is 0.268 e. The zero-order valence-corrected chi connectivity index (χ0v) is 16.8. The maximum Gasteiger partial charge on any atom is 0.268 e. The summed E-state index contributed by atoms with van der Waals surface area (Å²) in [7, 11) is 2.66. The first-order valence-corrected chi connectivity index (χ1v) is 9.38. The predicted molar refractivity (Wildman–Crippen MR) is 109 cm³/mol. The minimum absolute atomic E-state index is 0.127. The van der Waals surface area contributed by atoms with Crippen molar-refractivity contribution in [2.45, 2.75) is 13.2 Å². The zero-order chi connectivity index (χ0) is 17.8. The molecule has 0 spiro atoms. The number of nitrogens with zero attached hydrogens (tertiary/aromatic N) is 1. The molecular weight excluding hydrogens is 421 g/mol. The van der Waals surface area contributed by atoms with E-state index in [9.17, 15) is 4.79 Å². The third-order valence-electron chi connectivity index (χ3n) is 3.66. The summed E-state index contributed by atoms with van der Waals surface area (Å²) in [4.78, 5) is 12.6. The highest BCUT2D eigenvalue weighted by atomic mass is 79.9. The first-order valence-electron chi connectivity index (χ1n) is 7.63. The van der Waals surface area contributed by atoms with Gasteiger partial charge in [0.15, 0.2) is 0 Å². The van der Waals surface area contributed by atoms with Crippen LogP contribution in [-0.2, 0) is 13.2 Å². The molecule has 1 atom stereocenters. The third kappa shape index (κ3) is 4.72. The van der Waals surface area contributed by atoms with E-state index < -0.39 is 0 Å². The normalized spacial score (nSPS) is 10.7. The molecule has 0 saturated carbocycles. The number of benzene rings is 2. The maximum atomic E-state index is 12.6. The monoisotopic (exact) mass is 435 g/mol. The van der Waals surface area contributed by atoms with Crippen LogP contribution in [0.5, 0.6) is 5.75 Å². The van der Waals surface area contributed by atoms with Gasteiger partial charge in [-0.15, -0.1) is 9.24 Å². The van der Waals surface area contributed by atoms with Gasteiger partial charge >= 0.3 is 0 Å². The molecule has 0 bridgehead atoms. The van der Waals surface area contributed by atoms with Crippen molar-refractivity contribution in [3.63, 3.8) is 0 Å². The number of ether oxygens (including phenoxy) is 1. The number of aromatic nitrogens is 1. The van der Waals surface area contributed by atoms with E-state index in [1.165, 1.54) is 0 Å². The lowest BCUT2D eigenvalue weighted by molar-refractivity contribution is 0.302. The van der Waals surface area contributed by atoms with Gasteiger partial charge in [-0.2, -0.15) is 0 Å². The quantitative estimate of drug-likeness (QED) is 0.556. The van der Waals surface area contributed by atoms with Crippen LogP contribution >= 0.6 is 36.8 Å². The molecule has 0 amide bonds. The lowest BCUT2D eigenvalue weighted by Crippen LogP contribution is -2.21. The van der Waals surface area contributed by atoms with Crippen LogP contribution in [0.4, 0.5) is 0 Å². The molecule has 3 aromatic rings. The number of hydrogen-bond donors (Lipinski definition) is 0. The Morgan fingerprint density at radius 3 is 2.60 bits per heavy atom. The Hall–Kier alpha value is -1.61. The fourth-order valence-electron chi connectivity index (χ4n) is 2.44. The number of rotatable bonds is 5. The van der Waals surface area contributed by atoms with Crippen LogP contribution in [-0.4, -0.2) is 4.57 Å². The van der Waals surface area contributed by atoms with Gasteiger partial charge in [-0.1, -0.05) is 48.0 Å². The summed E-state index contributed by atoms with van der Waals surface area (Å²) in [6.07, 6.45) is 1.75. The SMILES string of the molecule is O=c1c(Br)c(OCc2cccc(Cl)c2)ccn1Cc1cccc(P)c1. The minimum atomic E-state index is -0.127. The molecule has 1 heterocycles. The Kier molecular flexibility index (Phi) is 5.95. The topological polar surface area (TPSA) is 31.2 Å². The number of hydrogen-bond acceptors (Lipinski definition) is 2. The Morgan fingerprint density at radius 2 is 1.84 bits per heavy atom. The highest BCUT2D eigenvalue weighted by Crippen LogP contribution is 2.22. The minimum Gasteiger partial charge on any atom is -0.487 e. The molecule has 0 saturated heterocycles. The number of halogens is 2. The molecule has 6 heteroatoms. The van der Waals surface area contributed by atoms with Crippen LogP contribution in [0.3, 0.4) is 0 Å². The second-order valence-corrected chi connectivity index (χ2v) is 7.49. The fourth-order valence-corrected chi connectivity index (χ4v) is 3.45. The van der Waals surface area contributed by atoms with Crippen molar-refractivity contribution in [2.75, 3.05) is 0 Å². The molecule has 128 valence electrons. The summed E-state index contributed by atoms with van der Waals surface area (Å²) >= 11 is 9.33. The van der Waals surface area contributed by atoms with E-state index in [2.05, 4.69) is 25.2 Å². The first-order chi connectivity index (χ1) is 12.0. The molecule has 0 fully saturated rings. The second-order valence-electron chi connectivity index (χ2n) is 5.59. The zero-order valence-electron chi connectivity index (χ0n) is 13.3. The maximum absolute atomic E-state index is 12.6. The molecule has 0 aliphatic carbocycles. The highest BCUT2D eigenvalue weighted by Gasteiger charge is 2.09. The first kappa shape index (κ1) is 18.2. The molecule has 0 aliphatic heterocycles. The van der Waals surface area contributed by atoms with E-state index in [0.29, 0.717) is 28.4 Å². The van der Waals surface area contributed by atoms with Gasteiger partial charge in [0.1, 0.15) is 16.8 Å². The van der Waals surface area contributed by atoms with Gasteiger partial charge in [-0.25, -0.2) is 0 Å². The van der Waals surface area contributed by atoms with Crippen LogP contribution < -0.4 is 15.6 Å². The summed E-state index contributed by atoms with van der Waals surface area (Å²) in [6.45, 7) is 0.853. The van der Waals surface area contributed by atoms with E-state index >= 15 is 0 Å². The Balaban J connectivity index is 1.77. The van der Waals surface area contributed by atoms with E-state index in [0.717, 1.165) is 16.4 Å².